The smallest absolute Gasteiger partial charge is 0.297 e. The van der Waals surface area contributed by atoms with E-state index in [2.05, 4.69) is 0 Å². The number of aliphatic hydroxyl groups is 7. The second-order valence-corrected chi connectivity index (χ2v) is 9.54. The first-order valence-electron chi connectivity index (χ1n) is 10.0. The third-order valence-corrected chi connectivity index (χ3v) is 6.88. The Kier molecular flexibility index (Phi) is 8.10. The number of hydrogen-bond acceptors (Lipinski definition) is 13. The quantitative estimate of drug-likeness (QED) is 0.173. The fourth-order valence-corrected chi connectivity index (χ4v) is 4.47. The Morgan fingerprint density at radius 3 is 2.12 bits per heavy atom. The summed E-state index contributed by atoms with van der Waals surface area (Å²) in [5.74, 6) is -2.35. The van der Waals surface area contributed by atoms with Gasteiger partial charge in [-0.1, -0.05) is 17.7 Å². The fourth-order valence-electron chi connectivity index (χ4n) is 3.55. The van der Waals surface area contributed by atoms with Gasteiger partial charge in [-0.05, 0) is 19.1 Å². The lowest BCUT2D eigenvalue weighted by molar-refractivity contribution is -0.383. The van der Waals surface area contributed by atoms with Gasteiger partial charge in [-0.2, -0.15) is 8.42 Å². The van der Waals surface area contributed by atoms with Crippen LogP contribution in [0.25, 0.3) is 0 Å². The molecule has 0 bridgehead atoms. The standard InChI is InChI=1S/C19H28O13S/c1-9-2-4-10(5-3-9)33(27,28)29-7-12-13(22)15(24)16(25)18(30-12)32-19(8-21)17(26)14(23)11(6-20)31-19/h2-5,11-18,20-26H,6-8H2,1H3/t11-,12?,13-,14?,15+,16?,17-,18-,19+/m1/s1. The van der Waals surface area contributed by atoms with Crippen molar-refractivity contribution in [2.45, 2.75) is 66.6 Å². The second kappa shape index (κ2) is 10.2. The Morgan fingerprint density at radius 2 is 1.58 bits per heavy atom. The molecule has 1 aromatic carbocycles. The molecule has 1 aromatic rings. The fraction of sp³-hybridized carbons (Fsp3) is 0.684. The van der Waals surface area contributed by atoms with Crippen LogP contribution in [0.4, 0.5) is 0 Å². The molecule has 2 saturated heterocycles. The van der Waals surface area contributed by atoms with Gasteiger partial charge in [-0.25, -0.2) is 0 Å². The van der Waals surface area contributed by atoms with E-state index >= 15 is 0 Å². The van der Waals surface area contributed by atoms with Gasteiger partial charge in [-0.3, -0.25) is 4.18 Å². The monoisotopic (exact) mass is 496 g/mol. The molecule has 9 atom stereocenters. The van der Waals surface area contributed by atoms with Gasteiger partial charge in [-0.15, -0.1) is 0 Å². The zero-order valence-electron chi connectivity index (χ0n) is 17.5. The molecule has 14 heteroatoms. The highest BCUT2D eigenvalue weighted by Crippen LogP contribution is 2.36. The number of aliphatic hydroxyl groups excluding tert-OH is 7. The van der Waals surface area contributed by atoms with E-state index < -0.39 is 84.7 Å². The van der Waals surface area contributed by atoms with E-state index in [1.54, 1.807) is 19.1 Å². The van der Waals surface area contributed by atoms with Crippen molar-refractivity contribution >= 4 is 10.1 Å². The summed E-state index contributed by atoms with van der Waals surface area (Å²) in [7, 11) is -4.26. The summed E-state index contributed by atoms with van der Waals surface area (Å²) in [5, 5.41) is 69.8. The summed E-state index contributed by atoms with van der Waals surface area (Å²) in [6.07, 6.45) is -13.9. The van der Waals surface area contributed by atoms with Gasteiger partial charge in [0, 0.05) is 0 Å². The molecular formula is C19H28O13S. The van der Waals surface area contributed by atoms with Crippen molar-refractivity contribution < 1.29 is 62.6 Å². The van der Waals surface area contributed by atoms with Crippen molar-refractivity contribution in [1.82, 2.24) is 0 Å². The maximum Gasteiger partial charge on any atom is 0.297 e. The highest BCUT2D eigenvalue weighted by molar-refractivity contribution is 7.86. The van der Waals surface area contributed by atoms with Crippen molar-refractivity contribution in [3.63, 3.8) is 0 Å². The maximum absolute atomic E-state index is 12.4. The van der Waals surface area contributed by atoms with E-state index in [4.69, 9.17) is 18.4 Å². The molecule has 0 amide bonds. The molecule has 2 aliphatic heterocycles. The molecular weight excluding hydrogens is 468 g/mol. The third kappa shape index (κ3) is 5.22. The summed E-state index contributed by atoms with van der Waals surface area (Å²) in [6, 6.07) is 5.75. The van der Waals surface area contributed by atoms with Crippen molar-refractivity contribution in [3.8, 4) is 0 Å². The normalized spacial score (nSPS) is 39.6. The van der Waals surface area contributed by atoms with Crippen molar-refractivity contribution in [1.29, 1.82) is 0 Å². The minimum Gasteiger partial charge on any atom is -0.394 e. The van der Waals surface area contributed by atoms with Gasteiger partial charge in [0.15, 0.2) is 6.29 Å². The van der Waals surface area contributed by atoms with Crippen LogP contribution in [0.2, 0.25) is 0 Å². The van der Waals surface area contributed by atoms with Crippen LogP contribution in [0.5, 0.6) is 0 Å². The van der Waals surface area contributed by atoms with Crippen LogP contribution in [0.1, 0.15) is 5.56 Å². The molecule has 0 radical (unpaired) electrons. The Morgan fingerprint density at radius 1 is 0.939 bits per heavy atom. The van der Waals surface area contributed by atoms with E-state index in [0.717, 1.165) is 5.56 Å². The lowest BCUT2D eigenvalue weighted by atomic mass is 9.99. The van der Waals surface area contributed by atoms with Crippen LogP contribution in [-0.2, 0) is 28.5 Å². The highest BCUT2D eigenvalue weighted by Gasteiger charge is 2.58. The molecule has 7 N–H and O–H groups in total. The number of rotatable bonds is 8. The molecule has 0 saturated carbocycles. The first kappa shape index (κ1) is 26.3. The number of benzene rings is 1. The first-order valence-corrected chi connectivity index (χ1v) is 11.5. The van der Waals surface area contributed by atoms with Gasteiger partial charge >= 0.3 is 0 Å². The topological polar surface area (TPSA) is 213 Å². The van der Waals surface area contributed by atoms with Crippen molar-refractivity contribution in [2.75, 3.05) is 19.8 Å². The van der Waals surface area contributed by atoms with E-state index in [9.17, 15) is 44.2 Å². The molecule has 3 rings (SSSR count). The van der Waals surface area contributed by atoms with Crippen LogP contribution in [0, 0.1) is 6.92 Å². The van der Waals surface area contributed by atoms with E-state index in [1.807, 2.05) is 0 Å². The number of aryl methyl sites for hydroxylation is 1. The first-order chi connectivity index (χ1) is 15.5. The zero-order valence-corrected chi connectivity index (χ0v) is 18.4. The predicted octanol–water partition coefficient (Wildman–Crippen LogP) is -3.67. The van der Waals surface area contributed by atoms with E-state index in [0.29, 0.717) is 0 Å². The summed E-state index contributed by atoms with van der Waals surface area (Å²) in [6.45, 7) is -0.789. The maximum atomic E-state index is 12.4. The molecule has 0 aromatic heterocycles. The van der Waals surface area contributed by atoms with Crippen LogP contribution >= 0.6 is 0 Å². The minimum atomic E-state index is -4.26. The average molecular weight is 496 g/mol. The second-order valence-electron chi connectivity index (χ2n) is 7.93. The molecule has 2 heterocycles. The third-order valence-electron chi connectivity index (χ3n) is 5.59. The number of ether oxygens (including phenoxy) is 3. The summed E-state index contributed by atoms with van der Waals surface area (Å²) in [5.41, 5.74) is 0.819. The minimum absolute atomic E-state index is 0.155. The van der Waals surface area contributed by atoms with Gasteiger partial charge in [0.2, 0.25) is 5.79 Å². The molecule has 188 valence electrons. The average Bonchev–Trinajstić information content (AvgIpc) is 3.04. The molecule has 33 heavy (non-hydrogen) atoms. The molecule has 13 nitrogen and oxygen atoms in total. The van der Waals surface area contributed by atoms with Gasteiger partial charge < -0.3 is 50.0 Å². The van der Waals surface area contributed by atoms with Crippen molar-refractivity contribution in [2.24, 2.45) is 0 Å². The SMILES string of the molecule is Cc1ccc(S(=O)(=O)OCC2O[C@H](O[C@]3(CO)O[C@H](CO)C(O)[C@H]3O)C(O)[C@@H](O)[C@@H]2O)cc1. The zero-order chi connectivity index (χ0) is 24.6. The molecule has 0 spiro atoms. The highest BCUT2D eigenvalue weighted by atomic mass is 32.2. The largest absolute Gasteiger partial charge is 0.394 e. The van der Waals surface area contributed by atoms with Crippen LogP contribution in [-0.4, -0.2) is 119 Å². The molecule has 2 fully saturated rings. The van der Waals surface area contributed by atoms with Crippen LogP contribution in [0.15, 0.2) is 29.2 Å². The lowest BCUT2D eigenvalue weighted by Crippen LogP contribution is -2.62. The molecule has 3 unspecified atom stereocenters. The molecule has 2 aliphatic rings. The lowest BCUT2D eigenvalue weighted by Gasteiger charge is -2.43. The Labute approximate surface area is 189 Å². The summed E-state index contributed by atoms with van der Waals surface area (Å²) < 4.78 is 45.7. The van der Waals surface area contributed by atoms with Crippen LogP contribution < -0.4 is 0 Å². The number of hydrogen-bond donors (Lipinski definition) is 7. The van der Waals surface area contributed by atoms with E-state index in [-0.39, 0.29) is 4.90 Å². The van der Waals surface area contributed by atoms with E-state index in [1.165, 1.54) is 12.1 Å². The van der Waals surface area contributed by atoms with Crippen molar-refractivity contribution in [3.05, 3.63) is 29.8 Å². The Bertz CT molecular complexity index is 893. The van der Waals surface area contributed by atoms with Gasteiger partial charge in [0.1, 0.15) is 49.3 Å². The summed E-state index contributed by atoms with van der Waals surface area (Å²) >= 11 is 0. The van der Waals surface area contributed by atoms with Crippen LogP contribution in [0.3, 0.4) is 0 Å². The molecule has 0 aliphatic carbocycles. The summed E-state index contributed by atoms with van der Waals surface area (Å²) in [4.78, 5) is -0.155. The van der Waals surface area contributed by atoms with Gasteiger partial charge in [0.05, 0.1) is 18.1 Å². The Hall–Kier alpha value is -1.27. The predicted molar refractivity (Wildman–Crippen MR) is 106 cm³/mol. The van der Waals surface area contributed by atoms with Gasteiger partial charge in [0.25, 0.3) is 10.1 Å². The Balaban J connectivity index is 1.74.